The van der Waals surface area contributed by atoms with Crippen molar-refractivity contribution in [3.63, 3.8) is 0 Å². The van der Waals surface area contributed by atoms with Gasteiger partial charge in [0.2, 0.25) is 11.8 Å². The summed E-state index contributed by atoms with van der Waals surface area (Å²) in [5.74, 6) is -1.32. The summed E-state index contributed by atoms with van der Waals surface area (Å²) in [6.07, 6.45) is 1.54. The summed E-state index contributed by atoms with van der Waals surface area (Å²) >= 11 is 0. The molecule has 2 aromatic rings. The smallest absolute Gasteiger partial charge is 0.269 e. The molecule has 9 heteroatoms. The van der Waals surface area contributed by atoms with Gasteiger partial charge in [0.1, 0.15) is 10.9 Å². The molecule has 1 N–H and O–H groups in total. The number of unbranched alkanes of at least 4 members (excludes halogenated alkanes) is 1. The third-order valence-electron chi connectivity index (χ3n) is 5.87. The van der Waals surface area contributed by atoms with Crippen molar-refractivity contribution in [3.05, 3.63) is 65.2 Å². The standard InChI is InChI=1S/C25H31N3O5S/c1-4-5-14-26-24(30)19(3)27(17-20-10-8-9-18(2)16-20)23(29)13-15-28-25(31)21-11-6-7-12-22(21)34(28,32)33/h6-12,16,19H,4-5,13-15,17H2,1-3H3,(H,26,30)/t19-/m1/s1. The van der Waals surface area contributed by atoms with Gasteiger partial charge >= 0.3 is 0 Å². The first-order valence-corrected chi connectivity index (χ1v) is 12.9. The van der Waals surface area contributed by atoms with E-state index in [1.165, 1.54) is 17.0 Å². The number of rotatable bonds is 10. The highest BCUT2D eigenvalue weighted by Crippen LogP contribution is 2.30. The first-order chi connectivity index (χ1) is 16.2. The molecule has 34 heavy (non-hydrogen) atoms. The Balaban J connectivity index is 1.77. The summed E-state index contributed by atoms with van der Waals surface area (Å²) in [5.41, 5.74) is 1.99. The molecule has 2 aromatic carbocycles. The van der Waals surface area contributed by atoms with E-state index in [-0.39, 0.29) is 35.9 Å². The number of amides is 3. The normalized spacial score (nSPS) is 15.0. The Bertz CT molecular complexity index is 1180. The Hall–Kier alpha value is -3.20. The van der Waals surface area contributed by atoms with Crippen molar-refractivity contribution < 1.29 is 22.8 Å². The van der Waals surface area contributed by atoms with Crippen LogP contribution in [-0.4, -0.2) is 54.5 Å². The molecule has 0 aliphatic carbocycles. The second-order valence-corrected chi connectivity index (χ2v) is 10.3. The highest BCUT2D eigenvalue weighted by molar-refractivity contribution is 7.90. The molecule has 3 rings (SSSR count). The van der Waals surface area contributed by atoms with Crippen molar-refractivity contribution in [2.45, 2.75) is 57.5 Å². The van der Waals surface area contributed by atoms with Crippen LogP contribution in [0.1, 0.15) is 54.6 Å². The molecule has 0 saturated carbocycles. The summed E-state index contributed by atoms with van der Waals surface area (Å²) in [7, 11) is -4.00. The first-order valence-electron chi connectivity index (χ1n) is 11.5. The zero-order valence-corrected chi connectivity index (χ0v) is 20.6. The average Bonchev–Trinajstić information content (AvgIpc) is 3.00. The molecule has 3 amide bonds. The Labute approximate surface area is 201 Å². The highest BCUT2D eigenvalue weighted by Gasteiger charge is 2.41. The summed E-state index contributed by atoms with van der Waals surface area (Å²) in [5, 5.41) is 2.85. The van der Waals surface area contributed by atoms with E-state index in [1.54, 1.807) is 19.1 Å². The van der Waals surface area contributed by atoms with Crippen LogP contribution >= 0.6 is 0 Å². The van der Waals surface area contributed by atoms with Gasteiger partial charge in [-0.25, -0.2) is 12.7 Å². The average molecular weight is 486 g/mol. The van der Waals surface area contributed by atoms with E-state index in [9.17, 15) is 22.8 Å². The van der Waals surface area contributed by atoms with Crippen LogP contribution in [0.3, 0.4) is 0 Å². The molecule has 0 unspecified atom stereocenters. The molecule has 8 nitrogen and oxygen atoms in total. The Morgan fingerprint density at radius 2 is 1.85 bits per heavy atom. The van der Waals surface area contributed by atoms with Gasteiger partial charge in [0, 0.05) is 26.1 Å². The van der Waals surface area contributed by atoms with Crippen molar-refractivity contribution in [2.75, 3.05) is 13.1 Å². The first kappa shape index (κ1) is 25.4. The number of fused-ring (bicyclic) bond motifs is 1. The van der Waals surface area contributed by atoms with E-state index in [1.807, 2.05) is 38.1 Å². The topological polar surface area (TPSA) is 104 Å². The molecule has 182 valence electrons. The molecule has 1 aliphatic heterocycles. The molecule has 0 radical (unpaired) electrons. The molecule has 1 heterocycles. The third-order valence-corrected chi connectivity index (χ3v) is 7.71. The maximum atomic E-state index is 13.3. The van der Waals surface area contributed by atoms with E-state index >= 15 is 0 Å². The zero-order valence-electron chi connectivity index (χ0n) is 19.8. The number of carbonyl (C=O) groups is 3. The lowest BCUT2D eigenvalue weighted by Gasteiger charge is -2.29. The lowest BCUT2D eigenvalue weighted by atomic mass is 10.1. The number of carbonyl (C=O) groups excluding carboxylic acids is 3. The predicted octanol–water partition coefficient (Wildman–Crippen LogP) is 2.86. The number of sulfonamides is 1. The monoisotopic (exact) mass is 485 g/mol. The van der Waals surface area contributed by atoms with E-state index in [2.05, 4.69) is 5.32 Å². The van der Waals surface area contributed by atoms with Gasteiger partial charge in [-0.05, 0) is 38.0 Å². The van der Waals surface area contributed by atoms with Gasteiger partial charge in [-0.3, -0.25) is 14.4 Å². The minimum absolute atomic E-state index is 0.0484. The number of aryl methyl sites for hydroxylation is 1. The van der Waals surface area contributed by atoms with Gasteiger partial charge in [0.15, 0.2) is 0 Å². The van der Waals surface area contributed by atoms with E-state index in [4.69, 9.17) is 0 Å². The summed E-state index contributed by atoms with van der Waals surface area (Å²) in [6, 6.07) is 12.9. The van der Waals surface area contributed by atoms with E-state index in [0.29, 0.717) is 6.54 Å². The molecular weight excluding hydrogens is 454 g/mol. The molecule has 0 bridgehead atoms. The lowest BCUT2D eigenvalue weighted by molar-refractivity contribution is -0.140. The minimum Gasteiger partial charge on any atom is -0.354 e. The van der Waals surface area contributed by atoms with Gasteiger partial charge in [0.25, 0.3) is 15.9 Å². The van der Waals surface area contributed by atoms with Crippen molar-refractivity contribution >= 4 is 27.7 Å². The van der Waals surface area contributed by atoms with Crippen LogP contribution in [0.5, 0.6) is 0 Å². The molecule has 0 fully saturated rings. The van der Waals surface area contributed by atoms with Crippen molar-refractivity contribution in [1.82, 2.24) is 14.5 Å². The fraction of sp³-hybridized carbons (Fsp3) is 0.400. The maximum Gasteiger partial charge on any atom is 0.269 e. The van der Waals surface area contributed by atoms with Gasteiger partial charge < -0.3 is 10.2 Å². The minimum atomic E-state index is -4.00. The molecule has 0 saturated heterocycles. The van der Waals surface area contributed by atoms with Gasteiger partial charge in [-0.15, -0.1) is 0 Å². The van der Waals surface area contributed by atoms with Crippen molar-refractivity contribution in [2.24, 2.45) is 0 Å². The zero-order chi connectivity index (χ0) is 24.9. The summed E-state index contributed by atoms with van der Waals surface area (Å²) < 4.78 is 26.4. The molecule has 1 atom stereocenters. The number of nitrogens with one attached hydrogen (secondary N) is 1. The second-order valence-electron chi connectivity index (χ2n) is 8.46. The second kappa shape index (κ2) is 10.8. The maximum absolute atomic E-state index is 13.3. The van der Waals surface area contributed by atoms with Crippen molar-refractivity contribution in [1.29, 1.82) is 0 Å². The molecular formula is C25H31N3O5S. The van der Waals surface area contributed by atoms with Crippen LogP contribution in [0.15, 0.2) is 53.4 Å². The molecule has 0 aromatic heterocycles. The van der Waals surface area contributed by atoms with Crippen LogP contribution in [0.25, 0.3) is 0 Å². The van der Waals surface area contributed by atoms with Crippen LogP contribution in [0.2, 0.25) is 0 Å². The fourth-order valence-corrected chi connectivity index (χ4v) is 5.49. The van der Waals surface area contributed by atoms with Crippen LogP contribution in [0.4, 0.5) is 0 Å². The highest BCUT2D eigenvalue weighted by atomic mass is 32.2. The SMILES string of the molecule is CCCCNC(=O)[C@@H](C)N(Cc1cccc(C)c1)C(=O)CCN1C(=O)c2ccccc2S1(=O)=O. The quantitative estimate of drug-likeness (QED) is 0.521. The molecule has 0 spiro atoms. The number of nitrogens with zero attached hydrogens (tertiary/aromatic N) is 2. The summed E-state index contributed by atoms with van der Waals surface area (Å²) in [4.78, 5) is 40.1. The van der Waals surface area contributed by atoms with Crippen LogP contribution < -0.4 is 5.32 Å². The van der Waals surface area contributed by atoms with Gasteiger partial charge in [-0.1, -0.05) is 55.3 Å². The third kappa shape index (κ3) is 5.47. The Kier molecular flexibility index (Phi) is 8.09. The molecule has 1 aliphatic rings. The number of hydrogen-bond donors (Lipinski definition) is 1. The predicted molar refractivity (Wildman–Crippen MR) is 128 cm³/mol. The number of benzene rings is 2. The summed E-state index contributed by atoms with van der Waals surface area (Å²) in [6.45, 7) is 6.05. The fourth-order valence-electron chi connectivity index (χ4n) is 3.92. The largest absolute Gasteiger partial charge is 0.354 e. The number of hydrogen-bond acceptors (Lipinski definition) is 5. The Morgan fingerprint density at radius 3 is 2.53 bits per heavy atom. The Morgan fingerprint density at radius 1 is 1.12 bits per heavy atom. The lowest BCUT2D eigenvalue weighted by Crippen LogP contribution is -2.48. The van der Waals surface area contributed by atoms with E-state index < -0.39 is 27.9 Å². The van der Waals surface area contributed by atoms with E-state index in [0.717, 1.165) is 28.3 Å². The van der Waals surface area contributed by atoms with Gasteiger partial charge in [-0.2, -0.15) is 0 Å². The van der Waals surface area contributed by atoms with Crippen LogP contribution in [0, 0.1) is 6.92 Å². The van der Waals surface area contributed by atoms with Gasteiger partial charge in [0.05, 0.1) is 5.56 Å². The van der Waals surface area contributed by atoms with Crippen LogP contribution in [-0.2, 0) is 26.2 Å². The van der Waals surface area contributed by atoms with Crippen molar-refractivity contribution in [3.8, 4) is 0 Å².